The van der Waals surface area contributed by atoms with E-state index in [0.717, 1.165) is 10.7 Å². The minimum atomic E-state index is 0.522. The Hall–Kier alpha value is 0.480. The summed E-state index contributed by atoms with van der Waals surface area (Å²) in [4.78, 5) is 0.801. The van der Waals surface area contributed by atoms with Gasteiger partial charge in [-0.2, -0.15) is 0 Å². The molecule has 1 heteroatoms. The molecule has 0 aromatic carbocycles. The van der Waals surface area contributed by atoms with Gasteiger partial charge in [0, 0.05) is 4.83 Å². The van der Waals surface area contributed by atoms with E-state index in [1.807, 2.05) is 0 Å². The number of hydrogen-bond acceptors (Lipinski definition) is 0. The van der Waals surface area contributed by atoms with Gasteiger partial charge in [-0.05, 0) is 37.0 Å². The van der Waals surface area contributed by atoms with Gasteiger partial charge in [-0.1, -0.05) is 56.0 Å². The van der Waals surface area contributed by atoms with Crippen molar-refractivity contribution in [2.75, 3.05) is 0 Å². The van der Waals surface area contributed by atoms with Crippen LogP contribution in [-0.4, -0.2) is 4.83 Å². The van der Waals surface area contributed by atoms with Crippen LogP contribution in [0.3, 0.4) is 0 Å². The molecule has 2 atom stereocenters. The van der Waals surface area contributed by atoms with Crippen LogP contribution in [0.25, 0.3) is 0 Å². The Morgan fingerprint density at radius 1 is 1.14 bits per heavy atom. The summed E-state index contributed by atoms with van der Waals surface area (Å²) in [5.41, 5.74) is 0.522. The normalized spacial score (nSPS) is 30.0. The van der Waals surface area contributed by atoms with Crippen LogP contribution in [0.4, 0.5) is 0 Å². The fourth-order valence-electron chi connectivity index (χ4n) is 2.30. The first kappa shape index (κ1) is 12.5. The van der Waals surface area contributed by atoms with Gasteiger partial charge in [-0.3, -0.25) is 0 Å². The smallest absolute Gasteiger partial charge is 0.0148 e. The van der Waals surface area contributed by atoms with Gasteiger partial charge in [0.15, 0.2) is 0 Å². The summed E-state index contributed by atoms with van der Waals surface area (Å²) in [6.45, 7) is 7.07. The van der Waals surface area contributed by atoms with Gasteiger partial charge in [-0.25, -0.2) is 0 Å². The van der Waals surface area contributed by atoms with Gasteiger partial charge in [0.1, 0.15) is 0 Å². The van der Waals surface area contributed by atoms with E-state index in [1.165, 1.54) is 44.9 Å². The number of alkyl halides is 1. The number of halogens is 1. The predicted molar refractivity (Wildman–Crippen MR) is 68.0 cm³/mol. The Kier molecular flexibility index (Phi) is 4.96. The lowest BCUT2D eigenvalue weighted by Gasteiger charge is -2.23. The van der Waals surface area contributed by atoms with Gasteiger partial charge in [-0.15, -0.1) is 0 Å². The molecule has 0 aromatic rings. The van der Waals surface area contributed by atoms with E-state index >= 15 is 0 Å². The Morgan fingerprint density at radius 2 is 1.79 bits per heavy atom. The molecule has 0 spiro atoms. The van der Waals surface area contributed by atoms with Crippen molar-refractivity contribution in [3.8, 4) is 0 Å². The van der Waals surface area contributed by atoms with Crippen molar-refractivity contribution in [2.24, 2.45) is 11.3 Å². The third kappa shape index (κ3) is 5.38. The third-order valence-corrected chi connectivity index (χ3v) is 4.10. The van der Waals surface area contributed by atoms with Crippen LogP contribution in [-0.2, 0) is 0 Å². The first-order valence-electron chi connectivity index (χ1n) is 6.11. The molecule has 0 aromatic heterocycles. The molecule has 14 heavy (non-hydrogen) atoms. The van der Waals surface area contributed by atoms with Crippen molar-refractivity contribution >= 4 is 15.9 Å². The highest BCUT2D eigenvalue weighted by molar-refractivity contribution is 9.09. The van der Waals surface area contributed by atoms with Crippen LogP contribution in [0.5, 0.6) is 0 Å². The molecular weight excluding hydrogens is 236 g/mol. The molecule has 1 aliphatic rings. The van der Waals surface area contributed by atoms with Crippen molar-refractivity contribution in [3.63, 3.8) is 0 Å². The average Bonchev–Trinajstić information content (AvgIpc) is 2.25. The maximum Gasteiger partial charge on any atom is 0.0148 e. The van der Waals surface area contributed by atoms with E-state index in [2.05, 4.69) is 36.7 Å². The van der Waals surface area contributed by atoms with Crippen LogP contribution in [0.1, 0.15) is 65.7 Å². The molecule has 2 unspecified atom stereocenters. The number of rotatable bonds is 2. The van der Waals surface area contributed by atoms with Gasteiger partial charge in [0.25, 0.3) is 0 Å². The van der Waals surface area contributed by atoms with Gasteiger partial charge in [0.2, 0.25) is 0 Å². The Morgan fingerprint density at radius 3 is 2.43 bits per heavy atom. The topological polar surface area (TPSA) is 0 Å². The molecule has 1 saturated carbocycles. The third-order valence-electron chi connectivity index (χ3n) is 3.27. The van der Waals surface area contributed by atoms with Gasteiger partial charge in [0.05, 0.1) is 0 Å². The van der Waals surface area contributed by atoms with Crippen LogP contribution in [0.15, 0.2) is 0 Å². The van der Waals surface area contributed by atoms with Crippen molar-refractivity contribution in [1.29, 1.82) is 0 Å². The predicted octanol–water partition coefficient (Wildman–Crippen LogP) is 5.16. The molecule has 0 nitrogen and oxygen atoms in total. The molecule has 1 rings (SSSR count). The highest BCUT2D eigenvalue weighted by atomic mass is 79.9. The van der Waals surface area contributed by atoms with E-state index in [0.29, 0.717) is 5.41 Å². The molecule has 1 fully saturated rings. The van der Waals surface area contributed by atoms with Crippen LogP contribution >= 0.6 is 15.9 Å². The fourth-order valence-corrected chi connectivity index (χ4v) is 3.15. The van der Waals surface area contributed by atoms with E-state index in [-0.39, 0.29) is 0 Å². The van der Waals surface area contributed by atoms with Crippen molar-refractivity contribution in [1.82, 2.24) is 0 Å². The van der Waals surface area contributed by atoms with Crippen LogP contribution in [0, 0.1) is 11.3 Å². The Balaban J connectivity index is 2.28. The fraction of sp³-hybridized carbons (Fsp3) is 1.00. The lowest BCUT2D eigenvalue weighted by Crippen LogP contribution is -2.11. The summed E-state index contributed by atoms with van der Waals surface area (Å²) in [6, 6.07) is 0. The second kappa shape index (κ2) is 5.53. The quantitative estimate of drug-likeness (QED) is 0.476. The lowest BCUT2D eigenvalue weighted by molar-refractivity contribution is 0.307. The molecule has 0 bridgehead atoms. The second-order valence-electron chi connectivity index (χ2n) is 6.08. The van der Waals surface area contributed by atoms with Gasteiger partial charge >= 0.3 is 0 Å². The minimum Gasteiger partial charge on any atom is -0.0891 e. The molecule has 0 aliphatic heterocycles. The zero-order valence-corrected chi connectivity index (χ0v) is 11.6. The van der Waals surface area contributed by atoms with E-state index in [1.54, 1.807) is 0 Å². The highest BCUT2D eigenvalue weighted by Crippen LogP contribution is 2.33. The molecule has 0 radical (unpaired) electrons. The molecule has 0 N–H and O–H groups in total. The Bertz CT molecular complexity index is 157. The van der Waals surface area contributed by atoms with E-state index < -0.39 is 0 Å². The summed E-state index contributed by atoms with van der Waals surface area (Å²) in [5.74, 6) is 0.987. The summed E-state index contributed by atoms with van der Waals surface area (Å²) < 4.78 is 0. The molecule has 84 valence electrons. The monoisotopic (exact) mass is 260 g/mol. The largest absolute Gasteiger partial charge is 0.0891 e. The Labute approximate surface area is 98.0 Å². The highest BCUT2D eigenvalue weighted by Gasteiger charge is 2.20. The minimum absolute atomic E-state index is 0.522. The zero-order valence-electron chi connectivity index (χ0n) is 9.98. The first-order chi connectivity index (χ1) is 6.47. The molecule has 0 heterocycles. The van der Waals surface area contributed by atoms with Crippen molar-refractivity contribution < 1.29 is 0 Å². The molecular formula is C13H25Br. The number of hydrogen-bond donors (Lipinski definition) is 0. The van der Waals surface area contributed by atoms with Crippen molar-refractivity contribution in [3.05, 3.63) is 0 Å². The maximum absolute atomic E-state index is 3.80. The molecule has 0 amide bonds. The van der Waals surface area contributed by atoms with Gasteiger partial charge < -0.3 is 0 Å². The first-order valence-corrected chi connectivity index (χ1v) is 7.03. The summed E-state index contributed by atoms with van der Waals surface area (Å²) in [5, 5.41) is 0. The molecule has 1 aliphatic carbocycles. The SMILES string of the molecule is CC(C)(C)CCC1CCCCC(Br)C1. The van der Waals surface area contributed by atoms with Crippen LogP contribution in [0.2, 0.25) is 0 Å². The lowest BCUT2D eigenvalue weighted by atomic mass is 9.84. The second-order valence-corrected chi connectivity index (χ2v) is 7.38. The van der Waals surface area contributed by atoms with Crippen LogP contribution < -0.4 is 0 Å². The average molecular weight is 261 g/mol. The molecule has 0 saturated heterocycles. The standard InChI is InChI=1S/C13H25Br/c1-13(2,3)9-8-11-6-4-5-7-12(14)10-11/h11-12H,4-10H2,1-3H3. The maximum atomic E-state index is 3.80. The zero-order chi connectivity index (χ0) is 10.6. The summed E-state index contributed by atoms with van der Waals surface area (Å²) in [6.07, 6.45) is 9.99. The summed E-state index contributed by atoms with van der Waals surface area (Å²) >= 11 is 3.80. The summed E-state index contributed by atoms with van der Waals surface area (Å²) in [7, 11) is 0. The van der Waals surface area contributed by atoms with E-state index in [9.17, 15) is 0 Å². The van der Waals surface area contributed by atoms with E-state index in [4.69, 9.17) is 0 Å². The van der Waals surface area contributed by atoms with Crippen molar-refractivity contribution in [2.45, 2.75) is 70.5 Å².